The Morgan fingerprint density at radius 2 is 1.94 bits per heavy atom. The molecule has 3 fully saturated rings. The third-order valence-corrected chi connectivity index (χ3v) is 8.00. The maximum Gasteiger partial charge on any atom is 0.401 e. The van der Waals surface area contributed by atoms with Gasteiger partial charge in [-0.1, -0.05) is 0 Å². The Labute approximate surface area is 191 Å². The number of Topliss-reactive ketones (excluding diaryl/α,β-unsaturated/α-hetero) is 1. The summed E-state index contributed by atoms with van der Waals surface area (Å²) < 4.78 is 42.9. The van der Waals surface area contributed by atoms with Crippen LogP contribution in [0, 0.1) is 17.2 Å². The third kappa shape index (κ3) is 6.62. The molecule has 32 heavy (non-hydrogen) atoms. The van der Waals surface area contributed by atoms with Crippen LogP contribution in [0.3, 0.4) is 0 Å². The number of halogens is 3. The number of thiophene rings is 1. The molecular formula is C23H32F3N3O2S. The lowest BCUT2D eigenvalue weighted by Gasteiger charge is -2.32. The molecule has 1 aromatic rings. The van der Waals surface area contributed by atoms with E-state index in [1.54, 1.807) is 11.3 Å². The highest BCUT2D eigenvalue weighted by molar-refractivity contribution is 7.10. The molecule has 2 N–H and O–H groups in total. The second-order valence-corrected chi connectivity index (χ2v) is 10.4. The van der Waals surface area contributed by atoms with Gasteiger partial charge < -0.3 is 15.5 Å². The van der Waals surface area contributed by atoms with Crippen molar-refractivity contribution >= 4 is 22.8 Å². The summed E-state index contributed by atoms with van der Waals surface area (Å²) in [5.74, 6) is 1.29. The van der Waals surface area contributed by atoms with Gasteiger partial charge in [0, 0.05) is 52.6 Å². The predicted octanol–water partition coefficient (Wildman–Crippen LogP) is 4.49. The molecule has 2 unspecified atom stereocenters. The van der Waals surface area contributed by atoms with Crippen LogP contribution in [0.25, 0.3) is 0 Å². The van der Waals surface area contributed by atoms with E-state index in [-0.39, 0.29) is 18.4 Å². The number of likely N-dealkylation sites (tertiary alicyclic amines) is 1. The fraction of sp³-hybridized carbons (Fsp3) is 0.739. The molecule has 0 aromatic carbocycles. The second kappa shape index (κ2) is 10.3. The number of piperidine rings is 1. The van der Waals surface area contributed by atoms with Crippen LogP contribution in [0.2, 0.25) is 0 Å². The Morgan fingerprint density at radius 1 is 1.22 bits per heavy atom. The van der Waals surface area contributed by atoms with Crippen LogP contribution in [0.15, 0.2) is 11.4 Å². The molecule has 2 atom stereocenters. The van der Waals surface area contributed by atoms with E-state index in [0.717, 1.165) is 44.6 Å². The first-order valence-corrected chi connectivity index (χ1v) is 12.5. The van der Waals surface area contributed by atoms with Crippen molar-refractivity contribution in [2.24, 2.45) is 11.8 Å². The van der Waals surface area contributed by atoms with E-state index in [9.17, 15) is 18.0 Å². The zero-order chi connectivity index (χ0) is 22.7. The van der Waals surface area contributed by atoms with Crippen molar-refractivity contribution in [1.29, 1.82) is 5.41 Å². The first-order valence-electron chi connectivity index (χ1n) is 11.6. The molecule has 0 bridgehead atoms. The smallest absolute Gasteiger partial charge is 0.381 e. The molecule has 178 valence electrons. The molecule has 5 nitrogen and oxygen atoms in total. The van der Waals surface area contributed by atoms with Crippen molar-refractivity contribution in [3.8, 4) is 0 Å². The number of nitrogens with zero attached hydrogens (tertiary/aromatic N) is 1. The average Bonchev–Trinajstić information content (AvgIpc) is 3.41. The summed E-state index contributed by atoms with van der Waals surface area (Å²) in [5, 5.41) is 13.6. The van der Waals surface area contributed by atoms with Gasteiger partial charge in [-0.25, -0.2) is 0 Å². The van der Waals surface area contributed by atoms with Crippen LogP contribution in [0.1, 0.15) is 59.7 Å². The maximum atomic E-state index is 12.6. The summed E-state index contributed by atoms with van der Waals surface area (Å²) in [5.41, 5.74) is 1.55. The van der Waals surface area contributed by atoms with Gasteiger partial charge in [0.2, 0.25) is 0 Å². The summed E-state index contributed by atoms with van der Waals surface area (Å²) in [6.45, 7) is 1.78. The number of ether oxygens (including phenoxy) is 1. The summed E-state index contributed by atoms with van der Waals surface area (Å²) in [6.07, 6.45) is 1.06. The monoisotopic (exact) mass is 471 g/mol. The highest BCUT2D eigenvalue weighted by Gasteiger charge is 2.43. The Bertz CT molecular complexity index is 799. The molecule has 2 aliphatic heterocycles. The van der Waals surface area contributed by atoms with Crippen LogP contribution < -0.4 is 5.32 Å². The number of alkyl halides is 3. The van der Waals surface area contributed by atoms with E-state index in [0.29, 0.717) is 49.2 Å². The van der Waals surface area contributed by atoms with Crippen LogP contribution in [0.4, 0.5) is 13.2 Å². The number of ketones is 1. The molecular weight excluding hydrogens is 439 g/mol. The molecule has 0 amide bonds. The third-order valence-electron chi connectivity index (χ3n) is 6.94. The molecule has 3 aliphatic rings. The van der Waals surface area contributed by atoms with Crippen molar-refractivity contribution in [2.75, 3.05) is 39.4 Å². The standard InChI is InChI=1S/C23H32F3N3O2S/c24-23(25,26)14-29-5-1-17(2-6-29)28-12-21(30)16-10-22(32-13-16)19-11-18(19)20(27)9-15-3-7-31-8-4-15/h10,13,15,17-19,27-28H,1-9,11-12,14H2. The van der Waals surface area contributed by atoms with Gasteiger partial charge in [-0.2, -0.15) is 13.2 Å². The second-order valence-electron chi connectivity index (χ2n) is 9.44. The summed E-state index contributed by atoms with van der Waals surface area (Å²) >= 11 is 1.60. The van der Waals surface area contributed by atoms with E-state index >= 15 is 0 Å². The normalized spacial score (nSPS) is 25.7. The molecule has 1 aliphatic carbocycles. The van der Waals surface area contributed by atoms with E-state index in [4.69, 9.17) is 10.1 Å². The number of nitrogens with one attached hydrogen (secondary N) is 2. The maximum absolute atomic E-state index is 12.6. The molecule has 1 saturated carbocycles. The number of carbonyl (C=O) groups is 1. The van der Waals surface area contributed by atoms with E-state index < -0.39 is 12.7 Å². The van der Waals surface area contributed by atoms with E-state index in [1.165, 1.54) is 9.78 Å². The quantitative estimate of drug-likeness (QED) is 0.412. The minimum Gasteiger partial charge on any atom is -0.381 e. The minimum absolute atomic E-state index is 0.0275. The highest BCUT2D eigenvalue weighted by atomic mass is 32.1. The lowest BCUT2D eigenvalue weighted by Crippen LogP contribution is -2.46. The number of carbonyl (C=O) groups excluding carboxylic acids is 1. The zero-order valence-corrected chi connectivity index (χ0v) is 19.1. The topological polar surface area (TPSA) is 65.4 Å². The van der Waals surface area contributed by atoms with E-state index in [2.05, 4.69) is 5.32 Å². The first kappa shape index (κ1) is 23.9. The SMILES string of the molecule is N=C(CC1CCOCC1)C1CC1c1cc(C(=O)CNC2CCN(CC(F)(F)F)CC2)cs1. The van der Waals surface area contributed by atoms with Gasteiger partial charge in [0.25, 0.3) is 0 Å². The van der Waals surface area contributed by atoms with Gasteiger partial charge in [0.05, 0.1) is 13.1 Å². The average molecular weight is 472 g/mol. The van der Waals surface area contributed by atoms with Crippen LogP contribution in [-0.4, -0.2) is 68.0 Å². The Morgan fingerprint density at radius 3 is 2.62 bits per heavy atom. The van der Waals surface area contributed by atoms with Gasteiger partial charge in [-0.15, -0.1) is 11.3 Å². The van der Waals surface area contributed by atoms with Crippen LogP contribution >= 0.6 is 11.3 Å². The molecule has 2 saturated heterocycles. The van der Waals surface area contributed by atoms with Gasteiger partial charge >= 0.3 is 6.18 Å². The van der Waals surface area contributed by atoms with Gasteiger partial charge in [-0.05, 0) is 63.6 Å². The van der Waals surface area contributed by atoms with E-state index in [1.807, 2.05) is 11.4 Å². The lowest BCUT2D eigenvalue weighted by molar-refractivity contribution is -0.148. The fourth-order valence-electron chi connectivity index (χ4n) is 4.89. The van der Waals surface area contributed by atoms with Crippen molar-refractivity contribution in [3.05, 3.63) is 21.9 Å². The molecule has 3 heterocycles. The Balaban J connectivity index is 1.18. The molecule has 0 spiro atoms. The first-order chi connectivity index (χ1) is 15.3. The summed E-state index contributed by atoms with van der Waals surface area (Å²) in [6, 6.07) is 2.06. The minimum atomic E-state index is -4.16. The summed E-state index contributed by atoms with van der Waals surface area (Å²) in [4.78, 5) is 15.2. The van der Waals surface area contributed by atoms with Crippen LogP contribution in [0.5, 0.6) is 0 Å². The van der Waals surface area contributed by atoms with Gasteiger partial charge in [0.1, 0.15) is 0 Å². The lowest BCUT2D eigenvalue weighted by atomic mass is 9.92. The fourth-order valence-corrected chi connectivity index (χ4v) is 5.98. The molecule has 0 radical (unpaired) electrons. The van der Waals surface area contributed by atoms with Gasteiger partial charge in [0.15, 0.2) is 5.78 Å². The Hall–Kier alpha value is -1.29. The zero-order valence-electron chi connectivity index (χ0n) is 18.3. The van der Waals surface area contributed by atoms with Crippen molar-refractivity contribution < 1.29 is 22.7 Å². The highest BCUT2D eigenvalue weighted by Crippen LogP contribution is 2.51. The van der Waals surface area contributed by atoms with Crippen molar-refractivity contribution in [2.45, 2.75) is 56.7 Å². The van der Waals surface area contributed by atoms with Crippen molar-refractivity contribution in [1.82, 2.24) is 10.2 Å². The number of hydrogen-bond donors (Lipinski definition) is 2. The molecule has 4 rings (SSSR count). The summed E-state index contributed by atoms with van der Waals surface area (Å²) in [7, 11) is 0. The van der Waals surface area contributed by atoms with Gasteiger partial charge in [-0.3, -0.25) is 9.69 Å². The predicted molar refractivity (Wildman–Crippen MR) is 119 cm³/mol. The van der Waals surface area contributed by atoms with Crippen LogP contribution in [-0.2, 0) is 4.74 Å². The van der Waals surface area contributed by atoms with Crippen molar-refractivity contribution in [3.63, 3.8) is 0 Å². The number of hydrogen-bond acceptors (Lipinski definition) is 6. The Kier molecular flexibility index (Phi) is 7.69. The molecule has 9 heteroatoms. The largest absolute Gasteiger partial charge is 0.401 e. The number of rotatable bonds is 9. The molecule has 1 aromatic heterocycles.